The highest BCUT2D eigenvalue weighted by Gasteiger charge is 2.29. The molecule has 2 heterocycles. The Morgan fingerprint density at radius 2 is 1.95 bits per heavy atom. The van der Waals surface area contributed by atoms with Gasteiger partial charge in [-0.2, -0.15) is 0 Å². The van der Waals surface area contributed by atoms with Gasteiger partial charge in [0.1, 0.15) is 17.3 Å². The lowest BCUT2D eigenvalue weighted by atomic mass is 10.1. The number of rotatable bonds is 3. The van der Waals surface area contributed by atoms with E-state index in [0.717, 1.165) is 29.3 Å². The molecule has 0 amide bonds. The van der Waals surface area contributed by atoms with Crippen molar-refractivity contribution >= 4 is 16.9 Å². The Hall–Kier alpha value is -1.58. The normalized spacial score (nSPS) is 17.1. The SMILES string of the molecule is Cc1nc(N)c2c(C)c(C)n(CC(C)C3CC3)c2n1. The summed E-state index contributed by atoms with van der Waals surface area (Å²) >= 11 is 0. The van der Waals surface area contributed by atoms with Gasteiger partial charge in [-0.25, -0.2) is 9.97 Å². The molecule has 0 aliphatic heterocycles. The van der Waals surface area contributed by atoms with Crippen molar-refractivity contribution in [2.24, 2.45) is 11.8 Å². The largest absolute Gasteiger partial charge is 0.383 e. The van der Waals surface area contributed by atoms with E-state index in [0.29, 0.717) is 11.7 Å². The average molecular weight is 258 g/mol. The quantitative estimate of drug-likeness (QED) is 0.920. The topological polar surface area (TPSA) is 56.7 Å². The van der Waals surface area contributed by atoms with Crippen LogP contribution in [0.3, 0.4) is 0 Å². The van der Waals surface area contributed by atoms with E-state index >= 15 is 0 Å². The zero-order valence-corrected chi connectivity index (χ0v) is 12.2. The predicted octanol–water partition coefficient (Wildman–Crippen LogP) is 2.98. The summed E-state index contributed by atoms with van der Waals surface area (Å²) in [6, 6.07) is 0. The summed E-state index contributed by atoms with van der Waals surface area (Å²) in [7, 11) is 0. The summed E-state index contributed by atoms with van der Waals surface area (Å²) in [5.41, 5.74) is 9.58. The van der Waals surface area contributed by atoms with Crippen molar-refractivity contribution in [2.75, 3.05) is 5.73 Å². The number of nitrogens with two attached hydrogens (primary N) is 1. The second-order valence-corrected chi connectivity index (χ2v) is 5.99. The van der Waals surface area contributed by atoms with E-state index < -0.39 is 0 Å². The van der Waals surface area contributed by atoms with Crippen molar-refractivity contribution in [3.05, 3.63) is 17.1 Å². The summed E-state index contributed by atoms with van der Waals surface area (Å²) in [4.78, 5) is 8.92. The minimum atomic E-state index is 0.612. The molecular weight excluding hydrogens is 236 g/mol. The third-order valence-corrected chi connectivity index (χ3v) is 4.51. The van der Waals surface area contributed by atoms with Gasteiger partial charge in [-0.05, 0) is 51.0 Å². The standard InChI is InChI=1S/C15H22N4/c1-8(12-5-6-12)7-19-10(3)9(2)13-14(16)17-11(4)18-15(13)19/h8,12H,5-7H2,1-4H3,(H2,16,17,18). The van der Waals surface area contributed by atoms with Gasteiger partial charge in [0.05, 0.1) is 5.39 Å². The lowest BCUT2D eigenvalue weighted by Crippen LogP contribution is -2.11. The van der Waals surface area contributed by atoms with Gasteiger partial charge in [0.25, 0.3) is 0 Å². The molecule has 2 N–H and O–H groups in total. The smallest absolute Gasteiger partial charge is 0.146 e. The molecule has 1 saturated carbocycles. The minimum absolute atomic E-state index is 0.612. The number of hydrogen-bond acceptors (Lipinski definition) is 3. The molecule has 19 heavy (non-hydrogen) atoms. The van der Waals surface area contributed by atoms with Crippen LogP contribution in [0.4, 0.5) is 5.82 Å². The minimum Gasteiger partial charge on any atom is -0.383 e. The second-order valence-electron chi connectivity index (χ2n) is 5.99. The van der Waals surface area contributed by atoms with Crippen LogP contribution in [-0.2, 0) is 6.54 Å². The highest BCUT2D eigenvalue weighted by Crippen LogP contribution is 2.38. The van der Waals surface area contributed by atoms with Crippen LogP contribution >= 0.6 is 0 Å². The van der Waals surface area contributed by atoms with Crippen molar-refractivity contribution in [3.63, 3.8) is 0 Å². The maximum Gasteiger partial charge on any atom is 0.146 e. The number of nitrogen functional groups attached to an aromatic ring is 1. The molecule has 2 aromatic rings. The Bertz CT molecular complexity index is 637. The lowest BCUT2D eigenvalue weighted by Gasteiger charge is -2.14. The van der Waals surface area contributed by atoms with Gasteiger partial charge in [0, 0.05) is 12.2 Å². The number of fused-ring (bicyclic) bond motifs is 1. The third kappa shape index (κ3) is 1.99. The van der Waals surface area contributed by atoms with Gasteiger partial charge in [0.15, 0.2) is 0 Å². The molecule has 1 aliphatic carbocycles. The molecule has 0 aromatic carbocycles. The number of aryl methyl sites for hydroxylation is 2. The zero-order chi connectivity index (χ0) is 13.7. The van der Waals surface area contributed by atoms with Crippen LogP contribution in [0.5, 0.6) is 0 Å². The molecule has 1 aliphatic rings. The van der Waals surface area contributed by atoms with Crippen LogP contribution in [0.15, 0.2) is 0 Å². The number of nitrogens with zero attached hydrogens (tertiary/aromatic N) is 3. The maximum atomic E-state index is 6.08. The van der Waals surface area contributed by atoms with Crippen LogP contribution in [0.2, 0.25) is 0 Å². The monoisotopic (exact) mass is 258 g/mol. The molecule has 0 spiro atoms. The van der Waals surface area contributed by atoms with E-state index in [1.165, 1.54) is 24.1 Å². The summed E-state index contributed by atoms with van der Waals surface area (Å²) in [6.07, 6.45) is 2.77. The molecule has 1 fully saturated rings. The average Bonchev–Trinajstić information content (AvgIpc) is 3.14. The number of anilines is 1. The molecule has 4 nitrogen and oxygen atoms in total. The molecule has 4 heteroatoms. The van der Waals surface area contributed by atoms with Gasteiger partial charge >= 0.3 is 0 Å². The molecule has 1 unspecified atom stereocenters. The maximum absolute atomic E-state index is 6.08. The van der Waals surface area contributed by atoms with E-state index in [2.05, 4.69) is 35.3 Å². The van der Waals surface area contributed by atoms with Gasteiger partial charge < -0.3 is 10.3 Å². The molecule has 0 saturated heterocycles. The Morgan fingerprint density at radius 3 is 2.58 bits per heavy atom. The fourth-order valence-corrected chi connectivity index (χ4v) is 3.00. The molecule has 0 bridgehead atoms. The summed E-state index contributed by atoms with van der Waals surface area (Å²) < 4.78 is 2.33. The van der Waals surface area contributed by atoms with Crippen molar-refractivity contribution in [1.82, 2.24) is 14.5 Å². The van der Waals surface area contributed by atoms with Crippen molar-refractivity contribution in [1.29, 1.82) is 0 Å². The first kappa shape index (κ1) is 12.5. The van der Waals surface area contributed by atoms with Gasteiger partial charge in [-0.15, -0.1) is 0 Å². The van der Waals surface area contributed by atoms with Crippen LogP contribution in [0.1, 0.15) is 36.8 Å². The first-order valence-electron chi connectivity index (χ1n) is 7.08. The number of aromatic nitrogens is 3. The highest BCUT2D eigenvalue weighted by molar-refractivity contribution is 5.91. The second kappa shape index (κ2) is 4.22. The van der Waals surface area contributed by atoms with E-state index in [4.69, 9.17) is 5.73 Å². The fourth-order valence-electron chi connectivity index (χ4n) is 3.00. The van der Waals surface area contributed by atoms with Gasteiger partial charge in [-0.1, -0.05) is 6.92 Å². The highest BCUT2D eigenvalue weighted by atomic mass is 15.1. The van der Waals surface area contributed by atoms with E-state index in [1.807, 2.05) is 6.92 Å². The van der Waals surface area contributed by atoms with Crippen LogP contribution in [0.25, 0.3) is 11.0 Å². The Balaban J connectivity index is 2.14. The Labute approximate surface area is 114 Å². The van der Waals surface area contributed by atoms with Crippen molar-refractivity contribution in [3.8, 4) is 0 Å². The predicted molar refractivity (Wildman–Crippen MR) is 78.0 cm³/mol. The molecule has 102 valence electrons. The Morgan fingerprint density at radius 1 is 1.26 bits per heavy atom. The van der Waals surface area contributed by atoms with E-state index in [9.17, 15) is 0 Å². The first-order valence-corrected chi connectivity index (χ1v) is 7.08. The third-order valence-electron chi connectivity index (χ3n) is 4.51. The summed E-state index contributed by atoms with van der Waals surface area (Å²) in [6.45, 7) is 9.56. The molecule has 0 radical (unpaired) electrons. The van der Waals surface area contributed by atoms with Crippen LogP contribution in [0, 0.1) is 32.6 Å². The summed E-state index contributed by atoms with van der Waals surface area (Å²) in [5.74, 6) is 2.98. The fraction of sp³-hybridized carbons (Fsp3) is 0.600. The molecule has 2 aromatic heterocycles. The zero-order valence-electron chi connectivity index (χ0n) is 12.2. The molecular formula is C15H22N4. The molecule has 1 atom stereocenters. The van der Waals surface area contributed by atoms with Crippen LogP contribution < -0.4 is 5.73 Å². The van der Waals surface area contributed by atoms with Crippen molar-refractivity contribution < 1.29 is 0 Å². The lowest BCUT2D eigenvalue weighted by molar-refractivity contribution is 0.432. The summed E-state index contributed by atoms with van der Waals surface area (Å²) in [5, 5.41) is 1.03. The van der Waals surface area contributed by atoms with E-state index in [-0.39, 0.29) is 0 Å². The van der Waals surface area contributed by atoms with Crippen LogP contribution in [-0.4, -0.2) is 14.5 Å². The first-order chi connectivity index (χ1) is 8.99. The molecule has 3 rings (SSSR count). The number of hydrogen-bond donors (Lipinski definition) is 1. The van der Waals surface area contributed by atoms with Gasteiger partial charge in [0.2, 0.25) is 0 Å². The van der Waals surface area contributed by atoms with E-state index in [1.54, 1.807) is 0 Å². The Kier molecular flexibility index (Phi) is 2.77. The van der Waals surface area contributed by atoms with Gasteiger partial charge in [-0.3, -0.25) is 0 Å². The van der Waals surface area contributed by atoms with Crippen molar-refractivity contribution in [2.45, 2.75) is 47.1 Å².